The van der Waals surface area contributed by atoms with E-state index in [2.05, 4.69) is 20.4 Å². The monoisotopic (exact) mass is 289 g/mol. The molecule has 1 heterocycles. The van der Waals surface area contributed by atoms with Crippen molar-refractivity contribution < 1.29 is 18.7 Å². The number of carbonyl (C=O) groups excluding carboxylic acids is 2. The first-order valence-electron chi connectivity index (χ1n) is 5.96. The number of carbonyl (C=O) groups is 2. The first-order chi connectivity index (χ1) is 10.1. The van der Waals surface area contributed by atoms with Crippen molar-refractivity contribution in [1.29, 1.82) is 0 Å². The second-order valence-corrected chi connectivity index (χ2v) is 4.01. The number of benzene rings is 1. The number of ether oxygens (including phenoxy) is 1. The van der Waals surface area contributed by atoms with E-state index in [4.69, 9.17) is 0 Å². The molecule has 2 amide bonds. The molecule has 6 nitrogen and oxygen atoms in total. The van der Waals surface area contributed by atoms with Crippen LogP contribution in [0.2, 0.25) is 0 Å². The number of hydrogen-bond acceptors (Lipinski definition) is 4. The van der Waals surface area contributed by atoms with Crippen LogP contribution in [0.15, 0.2) is 42.7 Å². The van der Waals surface area contributed by atoms with Crippen LogP contribution in [-0.4, -0.2) is 24.1 Å². The van der Waals surface area contributed by atoms with Gasteiger partial charge in [-0.2, -0.15) is 0 Å². The van der Waals surface area contributed by atoms with Gasteiger partial charge in [-0.05, 0) is 24.3 Å². The number of aromatic nitrogens is 1. The van der Waals surface area contributed by atoms with Crippen molar-refractivity contribution in [3.05, 3.63) is 54.1 Å². The van der Waals surface area contributed by atoms with Crippen LogP contribution < -0.4 is 10.6 Å². The molecule has 108 valence electrons. The van der Waals surface area contributed by atoms with Gasteiger partial charge in [0.15, 0.2) is 5.82 Å². The number of methoxy groups -OCH3 is 1. The fourth-order valence-electron chi connectivity index (χ4n) is 1.60. The maximum atomic E-state index is 13.4. The normalized spacial score (nSPS) is 9.81. The Labute approximate surface area is 120 Å². The molecule has 0 radical (unpaired) electrons. The minimum Gasteiger partial charge on any atom is -0.453 e. The van der Waals surface area contributed by atoms with E-state index in [9.17, 15) is 14.0 Å². The van der Waals surface area contributed by atoms with Gasteiger partial charge in [0.1, 0.15) is 0 Å². The molecular weight excluding hydrogens is 277 g/mol. The summed E-state index contributed by atoms with van der Waals surface area (Å²) in [5.74, 6) is -1.32. The van der Waals surface area contributed by atoms with Crippen LogP contribution >= 0.6 is 0 Å². The van der Waals surface area contributed by atoms with E-state index in [0.717, 1.165) is 6.20 Å². The minimum atomic E-state index is -0.709. The molecule has 0 unspecified atom stereocenters. The van der Waals surface area contributed by atoms with Gasteiger partial charge in [0.2, 0.25) is 0 Å². The summed E-state index contributed by atoms with van der Waals surface area (Å²) in [5.41, 5.74) is 0.733. The third-order valence-electron chi connectivity index (χ3n) is 2.57. The van der Waals surface area contributed by atoms with Crippen LogP contribution in [-0.2, 0) is 4.74 Å². The first kappa shape index (κ1) is 14.4. The Balaban J connectivity index is 2.13. The van der Waals surface area contributed by atoms with E-state index in [1.54, 1.807) is 18.2 Å². The third kappa shape index (κ3) is 3.75. The van der Waals surface area contributed by atoms with Gasteiger partial charge in [0.25, 0.3) is 5.91 Å². The van der Waals surface area contributed by atoms with Crippen LogP contribution in [0.25, 0.3) is 0 Å². The molecule has 1 aromatic heterocycles. The molecule has 0 saturated carbocycles. The summed E-state index contributed by atoms with van der Waals surface area (Å²) in [5, 5.41) is 4.99. The highest BCUT2D eigenvalue weighted by Crippen LogP contribution is 2.16. The van der Waals surface area contributed by atoms with E-state index >= 15 is 0 Å². The molecule has 1 aromatic carbocycles. The highest BCUT2D eigenvalue weighted by Gasteiger charge is 2.11. The second kappa shape index (κ2) is 6.47. The number of hydrogen-bond donors (Lipinski definition) is 2. The van der Waals surface area contributed by atoms with E-state index in [1.807, 2.05) is 0 Å². The molecule has 0 aliphatic carbocycles. The lowest BCUT2D eigenvalue weighted by Gasteiger charge is -2.08. The lowest BCUT2D eigenvalue weighted by molar-refractivity contribution is 0.102. The van der Waals surface area contributed by atoms with Crippen molar-refractivity contribution in [3.8, 4) is 0 Å². The fraction of sp³-hybridized carbons (Fsp3) is 0.0714. The summed E-state index contributed by atoms with van der Waals surface area (Å²) in [6.07, 6.45) is 1.66. The molecule has 0 bridgehead atoms. The minimum absolute atomic E-state index is 0.115. The molecule has 2 rings (SSSR count). The zero-order chi connectivity index (χ0) is 15.2. The molecule has 0 aliphatic rings. The highest BCUT2D eigenvalue weighted by atomic mass is 19.1. The zero-order valence-electron chi connectivity index (χ0n) is 11.1. The highest BCUT2D eigenvalue weighted by molar-refractivity contribution is 6.04. The van der Waals surface area contributed by atoms with Crippen LogP contribution in [0.1, 0.15) is 10.4 Å². The number of halogens is 1. The first-order valence-corrected chi connectivity index (χ1v) is 5.96. The van der Waals surface area contributed by atoms with Gasteiger partial charge in [0, 0.05) is 17.6 Å². The molecule has 0 atom stereocenters. The van der Waals surface area contributed by atoms with Gasteiger partial charge in [-0.1, -0.05) is 6.07 Å². The van der Waals surface area contributed by atoms with Crippen LogP contribution in [0.5, 0.6) is 0 Å². The number of nitrogens with zero attached hydrogens (tertiary/aromatic N) is 1. The number of amides is 2. The van der Waals surface area contributed by atoms with Crippen molar-refractivity contribution in [3.63, 3.8) is 0 Å². The van der Waals surface area contributed by atoms with Gasteiger partial charge in [-0.25, -0.2) is 9.18 Å². The molecule has 0 spiro atoms. The lowest BCUT2D eigenvalue weighted by atomic mass is 10.2. The molecule has 7 heteroatoms. The Hall–Kier alpha value is -2.96. The Bertz CT molecular complexity index is 676. The SMILES string of the molecule is COC(=O)Nc1cccc(NC(=O)c2ccncc2F)c1. The second-order valence-electron chi connectivity index (χ2n) is 4.01. The molecule has 2 N–H and O–H groups in total. The van der Waals surface area contributed by atoms with Gasteiger partial charge < -0.3 is 10.1 Å². The summed E-state index contributed by atoms with van der Waals surface area (Å²) >= 11 is 0. The van der Waals surface area contributed by atoms with Crippen molar-refractivity contribution in [2.24, 2.45) is 0 Å². The summed E-state index contributed by atoms with van der Waals surface area (Å²) in [6, 6.07) is 7.66. The smallest absolute Gasteiger partial charge is 0.411 e. The van der Waals surface area contributed by atoms with Gasteiger partial charge in [-0.15, -0.1) is 0 Å². The molecular formula is C14H12FN3O3. The molecule has 0 fully saturated rings. The van der Waals surface area contributed by atoms with Crippen LogP contribution in [0.3, 0.4) is 0 Å². The Morgan fingerprint density at radius 1 is 1.19 bits per heavy atom. The van der Waals surface area contributed by atoms with Gasteiger partial charge in [-0.3, -0.25) is 15.1 Å². The predicted molar refractivity (Wildman–Crippen MR) is 74.6 cm³/mol. The standard InChI is InChI=1S/C14H12FN3O3/c1-21-14(20)18-10-4-2-3-9(7-10)17-13(19)11-5-6-16-8-12(11)15/h2-8H,1H3,(H,17,19)(H,18,20). The van der Waals surface area contributed by atoms with Gasteiger partial charge >= 0.3 is 6.09 Å². The summed E-state index contributed by atoms with van der Waals surface area (Å²) < 4.78 is 17.9. The topological polar surface area (TPSA) is 80.3 Å². The number of pyridine rings is 1. The Morgan fingerprint density at radius 2 is 1.90 bits per heavy atom. The Morgan fingerprint density at radius 3 is 2.57 bits per heavy atom. The molecule has 2 aromatic rings. The van der Waals surface area contributed by atoms with Crippen molar-refractivity contribution in [2.75, 3.05) is 17.7 Å². The zero-order valence-corrected chi connectivity index (χ0v) is 11.1. The summed E-state index contributed by atoms with van der Waals surface area (Å²) in [7, 11) is 1.24. The largest absolute Gasteiger partial charge is 0.453 e. The molecule has 21 heavy (non-hydrogen) atoms. The van der Waals surface area contributed by atoms with E-state index < -0.39 is 17.8 Å². The maximum absolute atomic E-state index is 13.4. The van der Waals surface area contributed by atoms with Crippen molar-refractivity contribution in [2.45, 2.75) is 0 Å². The average molecular weight is 289 g/mol. The average Bonchev–Trinajstić information content (AvgIpc) is 2.47. The van der Waals surface area contributed by atoms with E-state index in [0.29, 0.717) is 11.4 Å². The van der Waals surface area contributed by atoms with Crippen molar-refractivity contribution >= 4 is 23.4 Å². The van der Waals surface area contributed by atoms with Crippen molar-refractivity contribution in [1.82, 2.24) is 4.98 Å². The number of rotatable bonds is 3. The van der Waals surface area contributed by atoms with E-state index in [1.165, 1.54) is 25.4 Å². The number of anilines is 2. The van der Waals surface area contributed by atoms with Gasteiger partial charge in [0.05, 0.1) is 18.9 Å². The molecule has 0 saturated heterocycles. The lowest BCUT2D eigenvalue weighted by Crippen LogP contribution is -2.15. The fourth-order valence-corrected chi connectivity index (χ4v) is 1.60. The quantitative estimate of drug-likeness (QED) is 0.910. The predicted octanol–water partition coefficient (Wildman–Crippen LogP) is 2.65. The summed E-state index contributed by atoms with van der Waals surface area (Å²) in [4.78, 5) is 26.6. The van der Waals surface area contributed by atoms with Crippen LogP contribution in [0, 0.1) is 5.82 Å². The number of nitrogens with one attached hydrogen (secondary N) is 2. The van der Waals surface area contributed by atoms with E-state index in [-0.39, 0.29) is 5.56 Å². The van der Waals surface area contributed by atoms with Crippen LogP contribution in [0.4, 0.5) is 20.6 Å². The maximum Gasteiger partial charge on any atom is 0.411 e. The molecule has 0 aliphatic heterocycles. The summed E-state index contributed by atoms with van der Waals surface area (Å²) in [6.45, 7) is 0. The Kier molecular flexibility index (Phi) is 4.45. The third-order valence-corrected chi connectivity index (χ3v) is 2.57.